The highest BCUT2D eigenvalue weighted by molar-refractivity contribution is 5.96. The van der Waals surface area contributed by atoms with E-state index in [1.807, 2.05) is 0 Å². The summed E-state index contributed by atoms with van der Waals surface area (Å²) in [5.74, 6) is 0. The molecule has 0 bridgehead atoms. The molecule has 0 atom stereocenters. The molecule has 0 saturated heterocycles. The Morgan fingerprint density at radius 3 is 1.26 bits per heavy atom. The van der Waals surface area contributed by atoms with E-state index in [4.69, 9.17) is 0 Å². The minimum Gasteiger partial charge on any atom is -0.310 e. The molecule has 0 N–H and O–H groups in total. The van der Waals surface area contributed by atoms with Crippen LogP contribution < -0.4 is 4.90 Å². The van der Waals surface area contributed by atoms with Crippen molar-refractivity contribution in [2.75, 3.05) is 4.90 Å². The number of anilines is 3. The number of nitrogens with zero attached hydrogens (tertiary/aromatic N) is 1. The molecule has 1 heteroatoms. The Morgan fingerprint density at radius 1 is 0.302 bits per heavy atom. The van der Waals surface area contributed by atoms with Gasteiger partial charge in [-0.1, -0.05) is 164 Å². The fourth-order valence-corrected chi connectivity index (χ4v) is 7.24. The molecule has 9 aromatic rings. The number of fused-ring (bicyclic) bond motifs is 3. The molecule has 0 saturated carbocycles. The Hall–Kier alpha value is -6.96. The summed E-state index contributed by atoms with van der Waals surface area (Å²) in [7, 11) is 0. The maximum absolute atomic E-state index is 2.34. The minimum absolute atomic E-state index is 1.13. The molecule has 0 aliphatic rings. The standard InChI is InChI=1S/C52H37N/c1-4-13-42(14-5-1)52(43-15-6-2-7-16-43)35-40-24-27-45-32-38(22-25-46(45)34-40)20-21-39-23-26-48-37-51(31-29-47(48)33-39)53(49-18-8-3-9-19-49)50-30-28-41-12-10-11-17-44(41)36-50/h1-37H. The maximum Gasteiger partial charge on any atom is 0.0468 e. The van der Waals surface area contributed by atoms with Crippen LogP contribution in [0.15, 0.2) is 206 Å². The number of hydrogen-bond acceptors (Lipinski definition) is 1. The molecule has 0 radical (unpaired) electrons. The van der Waals surface area contributed by atoms with Crippen molar-refractivity contribution in [3.63, 3.8) is 0 Å². The lowest BCUT2D eigenvalue weighted by molar-refractivity contribution is 1.29. The van der Waals surface area contributed by atoms with Crippen molar-refractivity contribution >= 4 is 73.2 Å². The summed E-state index contributed by atoms with van der Waals surface area (Å²) >= 11 is 0. The summed E-state index contributed by atoms with van der Waals surface area (Å²) in [6, 6.07) is 74.0. The van der Waals surface area contributed by atoms with Gasteiger partial charge in [0, 0.05) is 17.1 Å². The predicted molar refractivity (Wildman–Crippen MR) is 229 cm³/mol. The first-order chi connectivity index (χ1) is 26.2. The van der Waals surface area contributed by atoms with Crippen LogP contribution >= 0.6 is 0 Å². The van der Waals surface area contributed by atoms with Crippen LogP contribution in [0.25, 0.3) is 56.1 Å². The second-order valence-corrected chi connectivity index (χ2v) is 13.5. The molecule has 250 valence electrons. The van der Waals surface area contributed by atoms with E-state index in [0.29, 0.717) is 0 Å². The van der Waals surface area contributed by atoms with E-state index in [1.54, 1.807) is 0 Å². The van der Waals surface area contributed by atoms with E-state index in [1.165, 1.54) is 65.7 Å². The zero-order valence-electron chi connectivity index (χ0n) is 29.3. The van der Waals surface area contributed by atoms with Gasteiger partial charge in [0.25, 0.3) is 0 Å². The Morgan fingerprint density at radius 2 is 0.698 bits per heavy atom. The van der Waals surface area contributed by atoms with Gasteiger partial charge in [-0.3, -0.25) is 0 Å². The summed E-state index contributed by atoms with van der Waals surface area (Å²) < 4.78 is 0. The van der Waals surface area contributed by atoms with E-state index in [9.17, 15) is 0 Å². The van der Waals surface area contributed by atoms with Gasteiger partial charge in [0.05, 0.1) is 0 Å². The van der Waals surface area contributed by atoms with E-state index in [2.05, 4.69) is 229 Å². The fraction of sp³-hybridized carbons (Fsp3) is 0. The summed E-state index contributed by atoms with van der Waals surface area (Å²) in [5.41, 5.74) is 10.6. The molecule has 0 aliphatic carbocycles. The third-order valence-electron chi connectivity index (χ3n) is 9.95. The maximum atomic E-state index is 2.34. The number of para-hydroxylation sites is 1. The van der Waals surface area contributed by atoms with Crippen LogP contribution in [-0.2, 0) is 0 Å². The summed E-state index contributed by atoms with van der Waals surface area (Å²) in [6.45, 7) is 0. The smallest absolute Gasteiger partial charge is 0.0468 e. The van der Waals surface area contributed by atoms with Crippen LogP contribution in [0.5, 0.6) is 0 Å². The minimum atomic E-state index is 1.13. The molecule has 0 spiro atoms. The van der Waals surface area contributed by atoms with Crippen LogP contribution in [0.4, 0.5) is 17.1 Å². The highest BCUT2D eigenvalue weighted by Crippen LogP contribution is 2.37. The molecule has 0 amide bonds. The first-order valence-electron chi connectivity index (χ1n) is 18.2. The second-order valence-electron chi connectivity index (χ2n) is 13.5. The average molecular weight is 676 g/mol. The molecule has 9 aromatic carbocycles. The normalized spacial score (nSPS) is 11.3. The van der Waals surface area contributed by atoms with Gasteiger partial charge >= 0.3 is 0 Å². The quantitative estimate of drug-likeness (QED) is 0.145. The second kappa shape index (κ2) is 14.3. The molecule has 53 heavy (non-hydrogen) atoms. The third kappa shape index (κ3) is 6.89. The van der Waals surface area contributed by atoms with Crippen molar-refractivity contribution in [1.82, 2.24) is 0 Å². The monoisotopic (exact) mass is 675 g/mol. The summed E-state index contributed by atoms with van der Waals surface area (Å²) in [6.07, 6.45) is 6.72. The Bertz CT molecular complexity index is 2720. The molecule has 0 aromatic heterocycles. The van der Waals surface area contributed by atoms with Gasteiger partial charge in [-0.25, -0.2) is 0 Å². The first kappa shape index (κ1) is 32.0. The van der Waals surface area contributed by atoms with Gasteiger partial charge in [-0.15, -0.1) is 0 Å². The number of rotatable bonds is 8. The Kier molecular flexibility index (Phi) is 8.66. The summed E-state index contributed by atoms with van der Waals surface area (Å²) in [5, 5.41) is 7.35. The largest absolute Gasteiger partial charge is 0.310 e. The van der Waals surface area contributed by atoms with Crippen LogP contribution in [0.2, 0.25) is 0 Å². The highest BCUT2D eigenvalue weighted by atomic mass is 15.1. The van der Waals surface area contributed by atoms with Crippen LogP contribution in [-0.4, -0.2) is 0 Å². The molecule has 0 heterocycles. The fourth-order valence-electron chi connectivity index (χ4n) is 7.24. The molecule has 0 fully saturated rings. The van der Waals surface area contributed by atoms with Gasteiger partial charge < -0.3 is 4.90 Å². The van der Waals surface area contributed by atoms with Crippen LogP contribution in [0.3, 0.4) is 0 Å². The number of benzene rings is 9. The van der Waals surface area contributed by atoms with Crippen molar-refractivity contribution in [2.45, 2.75) is 0 Å². The average Bonchev–Trinajstić information content (AvgIpc) is 3.23. The van der Waals surface area contributed by atoms with Crippen molar-refractivity contribution in [2.24, 2.45) is 0 Å². The lowest BCUT2D eigenvalue weighted by atomic mass is 9.95. The van der Waals surface area contributed by atoms with Gasteiger partial charge in [-0.2, -0.15) is 0 Å². The zero-order valence-corrected chi connectivity index (χ0v) is 29.3. The predicted octanol–water partition coefficient (Wildman–Crippen LogP) is 14.4. The molecule has 0 unspecified atom stereocenters. The van der Waals surface area contributed by atoms with Crippen molar-refractivity contribution in [3.8, 4) is 0 Å². The highest BCUT2D eigenvalue weighted by Gasteiger charge is 2.14. The first-order valence-corrected chi connectivity index (χ1v) is 18.2. The van der Waals surface area contributed by atoms with E-state index >= 15 is 0 Å². The van der Waals surface area contributed by atoms with Crippen molar-refractivity contribution < 1.29 is 0 Å². The van der Waals surface area contributed by atoms with Gasteiger partial charge in [0.2, 0.25) is 0 Å². The van der Waals surface area contributed by atoms with E-state index < -0.39 is 0 Å². The Balaban J connectivity index is 0.979. The lowest BCUT2D eigenvalue weighted by Crippen LogP contribution is -2.09. The van der Waals surface area contributed by atoms with Crippen LogP contribution in [0, 0.1) is 0 Å². The molecule has 9 rings (SSSR count). The van der Waals surface area contributed by atoms with Gasteiger partial charge in [0.15, 0.2) is 0 Å². The van der Waals surface area contributed by atoms with E-state index in [0.717, 1.165) is 17.1 Å². The zero-order chi connectivity index (χ0) is 35.4. The molecular weight excluding hydrogens is 639 g/mol. The SMILES string of the molecule is C(=Cc1ccc2cc(N(c3ccccc3)c3ccc4ccccc4c3)ccc2c1)c1ccc2cc(C=C(c3ccccc3)c3ccccc3)ccc2c1. The van der Waals surface area contributed by atoms with E-state index in [-0.39, 0.29) is 0 Å². The Labute approximate surface area is 311 Å². The lowest BCUT2D eigenvalue weighted by Gasteiger charge is -2.26. The molecule has 1 nitrogen and oxygen atoms in total. The molecular formula is C52H37N. The third-order valence-corrected chi connectivity index (χ3v) is 9.95. The molecule has 0 aliphatic heterocycles. The van der Waals surface area contributed by atoms with Crippen LogP contribution in [0.1, 0.15) is 27.8 Å². The van der Waals surface area contributed by atoms with Gasteiger partial charge in [0.1, 0.15) is 0 Å². The van der Waals surface area contributed by atoms with Crippen molar-refractivity contribution in [1.29, 1.82) is 0 Å². The summed E-state index contributed by atoms with van der Waals surface area (Å²) in [4.78, 5) is 2.34. The number of hydrogen-bond donors (Lipinski definition) is 0. The topological polar surface area (TPSA) is 3.24 Å². The van der Waals surface area contributed by atoms with Crippen molar-refractivity contribution in [3.05, 3.63) is 234 Å². The van der Waals surface area contributed by atoms with Gasteiger partial charge in [-0.05, 0) is 126 Å².